The molecule has 0 aliphatic carbocycles. The highest BCUT2D eigenvalue weighted by Crippen LogP contribution is 2.28. The normalized spacial score (nSPS) is 22.4. The number of hydrogen-bond donors (Lipinski definition) is 0. The van der Waals surface area contributed by atoms with Crippen molar-refractivity contribution in [3.8, 4) is 0 Å². The molecule has 21 heavy (non-hydrogen) atoms. The Labute approximate surface area is 126 Å². The van der Waals surface area contributed by atoms with Crippen LogP contribution in [0, 0.1) is 11.7 Å². The summed E-state index contributed by atoms with van der Waals surface area (Å²) >= 11 is 0. The Morgan fingerprint density at radius 1 is 1.33 bits per heavy atom. The molecule has 2 aliphatic heterocycles. The Hall–Kier alpha value is -1.13. The van der Waals surface area contributed by atoms with Crippen molar-refractivity contribution < 1.29 is 9.13 Å². The van der Waals surface area contributed by atoms with Crippen molar-refractivity contribution in [2.24, 2.45) is 5.92 Å². The molecule has 3 rings (SSSR count). The van der Waals surface area contributed by atoms with Gasteiger partial charge in [0.1, 0.15) is 5.82 Å². The fraction of sp³-hybridized carbons (Fsp3) is 0.647. The van der Waals surface area contributed by atoms with E-state index in [9.17, 15) is 4.39 Å². The maximum Gasteiger partial charge on any atom is 0.129 e. The molecule has 2 heterocycles. The Balaban J connectivity index is 1.70. The van der Waals surface area contributed by atoms with Crippen LogP contribution in [0.5, 0.6) is 0 Å². The average Bonchev–Trinajstić information content (AvgIpc) is 3.13. The van der Waals surface area contributed by atoms with Crippen LogP contribution in [0.1, 0.15) is 24.8 Å². The number of anilines is 1. The van der Waals surface area contributed by atoms with E-state index in [-0.39, 0.29) is 5.82 Å². The van der Waals surface area contributed by atoms with Crippen molar-refractivity contribution in [1.29, 1.82) is 0 Å². The van der Waals surface area contributed by atoms with E-state index in [1.165, 1.54) is 12.8 Å². The third-order valence-corrected chi connectivity index (χ3v) is 4.56. The predicted molar refractivity (Wildman–Crippen MR) is 83.1 cm³/mol. The second kappa shape index (κ2) is 6.75. The largest absolute Gasteiger partial charge is 0.381 e. The van der Waals surface area contributed by atoms with Gasteiger partial charge in [0.15, 0.2) is 0 Å². The average molecular weight is 292 g/mol. The van der Waals surface area contributed by atoms with Gasteiger partial charge in [0, 0.05) is 44.0 Å². The van der Waals surface area contributed by atoms with Gasteiger partial charge in [-0.1, -0.05) is 6.07 Å². The third kappa shape index (κ3) is 3.55. The molecule has 0 spiro atoms. The van der Waals surface area contributed by atoms with E-state index in [0.717, 1.165) is 50.5 Å². The lowest BCUT2D eigenvalue weighted by Gasteiger charge is -2.26. The highest BCUT2D eigenvalue weighted by atomic mass is 19.1. The van der Waals surface area contributed by atoms with E-state index in [4.69, 9.17) is 4.74 Å². The van der Waals surface area contributed by atoms with Gasteiger partial charge in [0.25, 0.3) is 0 Å². The first-order valence-corrected chi connectivity index (χ1v) is 8.02. The van der Waals surface area contributed by atoms with Gasteiger partial charge in [-0.3, -0.25) is 0 Å². The summed E-state index contributed by atoms with van der Waals surface area (Å²) in [5.74, 6) is 0.519. The molecule has 0 amide bonds. The Morgan fingerprint density at radius 3 is 2.86 bits per heavy atom. The number of halogens is 1. The second-order valence-electron chi connectivity index (χ2n) is 6.36. The Bertz CT molecular complexity index is 468. The fourth-order valence-electron chi connectivity index (χ4n) is 3.46. The molecule has 2 fully saturated rings. The summed E-state index contributed by atoms with van der Waals surface area (Å²) < 4.78 is 19.7. The monoisotopic (exact) mass is 292 g/mol. The topological polar surface area (TPSA) is 15.7 Å². The van der Waals surface area contributed by atoms with Crippen LogP contribution in [-0.2, 0) is 11.3 Å². The van der Waals surface area contributed by atoms with Crippen LogP contribution in [0.3, 0.4) is 0 Å². The maximum atomic E-state index is 14.3. The van der Waals surface area contributed by atoms with Gasteiger partial charge >= 0.3 is 0 Å². The van der Waals surface area contributed by atoms with Crippen LogP contribution in [0.25, 0.3) is 0 Å². The molecular formula is C17H25FN2O. The van der Waals surface area contributed by atoms with Crippen LogP contribution >= 0.6 is 0 Å². The number of rotatable bonds is 5. The number of benzene rings is 1. The van der Waals surface area contributed by atoms with Crippen molar-refractivity contribution in [3.63, 3.8) is 0 Å². The first-order chi connectivity index (χ1) is 10.2. The van der Waals surface area contributed by atoms with E-state index in [1.54, 1.807) is 6.07 Å². The van der Waals surface area contributed by atoms with Gasteiger partial charge in [0.2, 0.25) is 0 Å². The number of hydrogen-bond acceptors (Lipinski definition) is 3. The zero-order chi connectivity index (χ0) is 14.7. The Kier molecular flexibility index (Phi) is 4.76. The van der Waals surface area contributed by atoms with Gasteiger partial charge in [-0.05, 0) is 44.4 Å². The second-order valence-corrected chi connectivity index (χ2v) is 6.36. The van der Waals surface area contributed by atoms with Crippen LogP contribution in [0.15, 0.2) is 18.2 Å². The molecule has 0 N–H and O–H groups in total. The highest BCUT2D eigenvalue weighted by molar-refractivity contribution is 5.54. The molecule has 0 radical (unpaired) electrons. The molecule has 0 aromatic heterocycles. The van der Waals surface area contributed by atoms with Crippen molar-refractivity contribution in [2.75, 3.05) is 44.8 Å². The van der Waals surface area contributed by atoms with Gasteiger partial charge in [-0.15, -0.1) is 0 Å². The lowest BCUT2D eigenvalue weighted by atomic mass is 10.1. The Morgan fingerprint density at radius 2 is 2.14 bits per heavy atom. The fourth-order valence-corrected chi connectivity index (χ4v) is 3.46. The van der Waals surface area contributed by atoms with Crippen LogP contribution in [-0.4, -0.2) is 44.8 Å². The molecule has 1 aromatic carbocycles. The molecule has 3 nitrogen and oxygen atoms in total. The first-order valence-electron chi connectivity index (χ1n) is 8.02. The lowest BCUT2D eigenvalue weighted by Crippen LogP contribution is -2.28. The van der Waals surface area contributed by atoms with Gasteiger partial charge in [-0.2, -0.15) is 0 Å². The summed E-state index contributed by atoms with van der Waals surface area (Å²) in [5.41, 5.74) is 1.93. The van der Waals surface area contributed by atoms with Crippen molar-refractivity contribution in [3.05, 3.63) is 29.6 Å². The molecule has 2 aliphatic rings. The maximum absolute atomic E-state index is 14.3. The summed E-state index contributed by atoms with van der Waals surface area (Å²) in [6, 6.07) is 5.48. The van der Waals surface area contributed by atoms with Crippen molar-refractivity contribution in [2.45, 2.75) is 25.8 Å². The molecule has 1 unspecified atom stereocenters. The van der Waals surface area contributed by atoms with Crippen LogP contribution < -0.4 is 4.90 Å². The van der Waals surface area contributed by atoms with Gasteiger partial charge in [0.05, 0.1) is 6.61 Å². The molecule has 116 valence electrons. The first kappa shape index (κ1) is 14.8. The van der Waals surface area contributed by atoms with Crippen LogP contribution in [0.4, 0.5) is 10.1 Å². The summed E-state index contributed by atoms with van der Waals surface area (Å²) in [7, 11) is 2.08. The van der Waals surface area contributed by atoms with Crippen molar-refractivity contribution in [1.82, 2.24) is 4.90 Å². The summed E-state index contributed by atoms with van der Waals surface area (Å²) in [5, 5.41) is 0. The van der Waals surface area contributed by atoms with Crippen LogP contribution in [0.2, 0.25) is 0 Å². The van der Waals surface area contributed by atoms with Gasteiger partial charge in [-0.25, -0.2) is 4.39 Å². The zero-order valence-electron chi connectivity index (χ0n) is 12.9. The van der Waals surface area contributed by atoms with Gasteiger partial charge < -0.3 is 14.5 Å². The minimum absolute atomic E-state index is 0.0751. The molecule has 2 saturated heterocycles. The standard InChI is InChI=1S/C17H25FN2O/c1-19(11-14-7-10-21-13-14)12-15-16(18)5-4-6-17(15)20-8-2-3-9-20/h4-6,14H,2-3,7-13H2,1H3. The summed E-state index contributed by atoms with van der Waals surface area (Å²) in [6.45, 7) is 5.48. The number of ether oxygens (including phenoxy) is 1. The predicted octanol–water partition coefficient (Wildman–Crippen LogP) is 2.89. The minimum atomic E-state index is -0.0751. The van der Waals surface area contributed by atoms with Crippen molar-refractivity contribution >= 4 is 5.69 Å². The SMILES string of the molecule is CN(Cc1c(F)cccc1N1CCCC1)CC1CCOC1. The smallest absolute Gasteiger partial charge is 0.129 e. The number of nitrogens with zero attached hydrogens (tertiary/aromatic N) is 2. The molecular weight excluding hydrogens is 267 g/mol. The molecule has 0 saturated carbocycles. The van der Waals surface area contributed by atoms with E-state index in [0.29, 0.717) is 12.5 Å². The highest BCUT2D eigenvalue weighted by Gasteiger charge is 2.21. The van der Waals surface area contributed by atoms with E-state index < -0.39 is 0 Å². The molecule has 4 heteroatoms. The molecule has 1 atom stereocenters. The van der Waals surface area contributed by atoms with E-state index >= 15 is 0 Å². The summed E-state index contributed by atoms with van der Waals surface area (Å²) in [4.78, 5) is 4.56. The summed E-state index contributed by atoms with van der Waals surface area (Å²) in [6.07, 6.45) is 3.55. The van der Waals surface area contributed by atoms with E-state index in [1.807, 2.05) is 6.07 Å². The van der Waals surface area contributed by atoms with E-state index in [2.05, 4.69) is 22.9 Å². The quantitative estimate of drug-likeness (QED) is 0.830. The molecule has 1 aromatic rings. The minimum Gasteiger partial charge on any atom is -0.381 e. The molecule has 0 bridgehead atoms. The third-order valence-electron chi connectivity index (χ3n) is 4.56. The lowest BCUT2D eigenvalue weighted by molar-refractivity contribution is 0.172. The zero-order valence-corrected chi connectivity index (χ0v) is 12.9.